The topological polar surface area (TPSA) is 50.9 Å². The lowest BCUT2D eigenvalue weighted by Crippen LogP contribution is -2.19. The fourth-order valence-electron chi connectivity index (χ4n) is 2.02. The van der Waals surface area contributed by atoms with E-state index in [4.69, 9.17) is 17.3 Å². The largest absolute Gasteiger partial charge is 0.383 e. The molecule has 2 aromatic rings. The number of hydrogen-bond donors (Lipinski definition) is 2. The maximum Gasteiger partial charge on any atom is 0.128 e. The van der Waals surface area contributed by atoms with Crippen LogP contribution >= 0.6 is 11.6 Å². The number of benzene rings is 1. The molecular formula is C14H16ClN3. The number of pyridine rings is 1. The highest BCUT2D eigenvalue weighted by Gasteiger charge is 2.15. The van der Waals surface area contributed by atoms with Crippen LogP contribution in [-0.2, 0) is 0 Å². The first-order valence-electron chi connectivity index (χ1n) is 5.76. The summed E-state index contributed by atoms with van der Waals surface area (Å²) in [5, 5.41) is 3.97. The Morgan fingerprint density at radius 1 is 1.33 bits per heavy atom. The molecule has 0 bridgehead atoms. The summed E-state index contributed by atoms with van der Waals surface area (Å²) >= 11 is 6.03. The quantitative estimate of drug-likeness (QED) is 0.893. The van der Waals surface area contributed by atoms with Gasteiger partial charge >= 0.3 is 0 Å². The molecule has 0 saturated heterocycles. The molecule has 1 aromatic heterocycles. The number of halogens is 1. The van der Waals surface area contributed by atoms with Gasteiger partial charge < -0.3 is 11.1 Å². The van der Waals surface area contributed by atoms with Crippen LogP contribution in [0.5, 0.6) is 0 Å². The monoisotopic (exact) mass is 261 g/mol. The first-order valence-corrected chi connectivity index (χ1v) is 6.14. The van der Waals surface area contributed by atoms with Crippen molar-refractivity contribution in [1.29, 1.82) is 0 Å². The van der Waals surface area contributed by atoms with E-state index >= 15 is 0 Å². The van der Waals surface area contributed by atoms with Crippen LogP contribution in [0.15, 0.2) is 36.5 Å². The predicted octanol–water partition coefficient (Wildman–Crippen LogP) is 2.93. The first-order chi connectivity index (χ1) is 8.61. The van der Waals surface area contributed by atoms with Crippen molar-refractivity contribution in [1.82, 2.24) is 10.3 Å². The van der Waals surface area contributed by atoms with Gasteiger partial charge in [0.05, 0.1) is 6.04 Å². The van der Waals surface area contributed by atoms with E-state index in [9.17, 15) is 0 Å². The van der Waals surface area contributed by atoms with Crippen molar-refractivity contribution in [3.05, 3.63) is 58.2 Å². The molecule has 0 spiro atoms. The van der Waals surface area contributed by atoms with E-state index in [0.29, 0.717) is 10.8 Å². The van der Waals surface area contributed by atoms with Crippen molar-refractivity contribution in [2.45, 2.75) is 13.0 Å². The highest BCUT2D eigenvalue weighted by molar-refractivity contribution is 6.30. The van der Waals surface area contributed by atoms with Crippen molar-refractivity contribution in [3.8, 4) is 0 Å². The molecule has 3 N–H and O–H groups in total. The fraction of sp³-hybridized carbons (Fsp3) is 0.214. The Balaban J connectivity index is 2.48. The van der Waals surface area contributed by atoms with Gasteiger partial charge in [-0.1, -0.05) is 23.7 Å². The zero-order valence-electron chi connectivity index (χ0n) is 10.4. The van der Waals surface area contributed by atoms with Crippen molar-refractivity contribution in [2.24, 2.45) is 0 Å². The molecule has 4 heteroatoms. The van der Waals surface area contributed by atoms with Crippen LogP contribution in [-0.4, -0.2) is 12.0 Å². The van der Waals surface area contributed by atoms with Crippen LogP contribution in [0.25, 0.3) is 0 Å². The summed E-state index contributed by atoms with van der Waals surface area (Å²) in [4.78, 5) is 4.20. The van der Waals surface area contributed by atoms with Gasteiger partial charge in [-0.25, -0.2) is 4.98 Å². The molecule has 0 amide bonds. The third-order valence-electron chi connectivity index (χ3n) is 2.87. The standard InChI is InChI=1S/C14H16ClN3/c1-9-6-12(14(16)18-8-9)13(17-2)10-4-3-5-11(15)7-10/h3-8,13,17H,1-2H3,(H2,16,18). The molecular weight excluding hydrogens is 246 g/mol. The zero-order chi connectivity index (χ0) is 13.1. The molecule has 1 atom stereocenters. The van der Waals surface area contributed by atoms with Crippen molar-refractivity contribution < 1.29 is 0 Å². The molecule has 0 aliphatic rings. The van der Waals surface area contributed by atoms with Gasteiger partial charge in [0.2, 0.25) is 0 Å². The van der Waals surface area contributed by atoms with Crippen LogP contribution in [0.1, 0.15) is 22.7 Å². The smallest absolute Gasteiger partial charge is 0.128 e. The molecule has 0 aliphatic heterocycles. The number of nitrogens with one attached hydrogen (secondary N) is 1. The number of rotatable bonds is 3. The molecule has 0 fully saturated rings. The summed E-state index contributed by atoms with van der Waals surface area (Å²) in [7, 11) is 1.90. The Labute approximate surface area is 112 Å². The average Bonchev–Trinajstić information content (AvgIpc) is 2.35. The minimum atomic E-state index is -0.00361. The molecule has 1 aromatic carbocycles. The third kappa shape index (κ3) is 2.63. The van der Waals surface area contributed by atoms with Crippen molar-refractivity contribution in [2.75, 3.05) is 12.8 Å². The van der Waals surface area contributed by atoms with Gasteiger partial charge in [-0.15, -0.1) is 0 Å². The lowest BCUT2D eigenvalue weighted by molar-refractivity contribution is 0.690. The molecule has 1 heterocycles. The maximum atomic E-state index is 6.03. The van der Waals surface area contributed by atoms with Crippen molar-refractivity contribution >= 4 is 17.4 Å². The van der Waals surface area contributed by atoms with E-state index in [-0.39, 0.29) is 6.04 Å². The Hall–Kier alpha value is -1.58. The summed E-state index contributed by atoms with van der Waals surface area (Å²) in [6.07, 6.45) is 1.77. The highest BCUT2D eigenvalue weighted by atomic mass is 35.5. The zero-order valence-corrected chi connectivity index (χ0v) is 11.2. The summed E-state index contributed by atoms with van der Waals surface area (Å²) in [6, 6.07) is 9.79. The predicted molar refractivity (Wildman–Crippen MR) is 75.7 cm³/mol. The summed E-state index contributed by atoms with van der Waals surface area (Å²) in [5.41, 5.74) is 9.09. The molecule has 3 nitrogen and oxygen atoms in total. The third-order valence-corrected chi connectivity index (χ3v) is 3.10. The van der Waals surface area contributed by atoms with Crippen LogP contribution in [0.3, 0.4) is 0 Å². The minimum absolute atomic E-state index is 0.00361. The second-order valence-electron chi connectivity index (χ2n) is 4.26. The molecule has 0 saturated carbocycles. The number of aryl methyl sites for hydroxylation is 1. The van der Waals surface area contributed by atoms with Crippen LogP contribution in [0.2, 0.25) is 5.02 Å². The first kappa shape index (κ1) is 12.9. The number of nitrogens with two attached hydrogens (primary N) is 1. The number of hydrogen-bond acceptors (Lipinski definition) is 3. The highest BCUT2D eigenvalue weighted by Crippen LogP contribution is 2.27. The average molecular weight is 262 g/mol. The normalized spacial score (nSPS) is 12.4. The lowest BCUT2D eigenvalue weighted by Gasteiger charge is -2.19. The van der Waals surface area contributed by atoms with Crippen LogP contribution in [0, 0.1) is 6.92 Å². The maximum absolute atomic E-state index is 6.03. The fourth-order valence-corrected chi connectivity index (χ4v) is 2.22. The second kappa shape index (κ2) is 5.38. The SMILES string of the molecule is CNC(c1cccc(Cl)c1)c1cc(C)cnc1N. The van der Waals surface area contributed by atoms with E-state index in [1.165, 1.54) is 0 Å². The van der Waals surface area contributed by atoms with E-state index < -0.39 is 0 Å². The van der Waals surface area contributed by atoms with Gasteiger partial charge in [0.1, 0.15) is 5.82 Å². The van der Waals surface area contributed by atoms with E-state index in [1.54, 1.807) is 6.20 Å². The number of aromatic nitrogens is 1. The van der Waals surface area contributed by atoms with Gasteiger partial charge in [0.25, 0.3) is 0 Å². The van der Waals surface area contributed by atoms with Gasteiger partial charge in [-0.2, -0.15) is 0 Å². The van der Waals surface area contributed by atoms with Gasteiger partial charge in [0, 0.05) is 16.8 Å². The van der Waals surface area contributed by atoms with Gasteiger partial charge in [-0.05, 0) is 43.3 Å². The van der Waals surface area contributed by atoms with Gasteiger partial charge in [-0.3, -0.25) is 0 Å². The Bertz CT molecular complexity index is 554. The number of anilines is 1. The Kier molecular flexibility index (Phi) is 3.84. The summed E-state index contributed by atoms with van der Waals surface area (Å²) in [5.74, 6) is 0.542. The lowest BCUT2D eigenvalue weighted by atomic mass is 9.98. The molecule has 2 rings (SSSR count). The Morgan fingerprint density at radius 3 is 2.78 bits per heavy atom. The van der Waals surface area contributed by atoms with E-state index in [0.717, 1.165) is 16.7 Å². The summed E-state index contributed by atoms with van der Waals surface area (Å²) in [6.45, 7) is 2.00. The minimum Gasteiger partial charge on any atom is -0.383 e. The second-order valence-corrected chi connectivity index (χ2v) is 4.70. The molecule has 18 heavy (non-hydrogen) atoms. The van der Waals surface area contributed by atoms with E-state index in [1.807, 2.05) is 44.3 Å². The number of nitrogens with zero attached hydrogens (tertiary/aromatic N) is 1. The van der Waals surface area contributed by atoms with E-state index in [2.05, 4.69) is 10.3 Å². The Morgan fingerprint density at radius 2 is 2.11 bits per heavy atom. The summed E-state index contributed by atoms with van der Waals surface area (Å²) < 4.78 is 0. The molecule has 94 valence electrons. The van der Waals surface area contributed by atoms with Crippen molar-refractivity contribution in [3.63, 3.8) is 0 Å². The molecule has 1 unspecified atom stereocenters. The number of nitrogen functional groups attached to an aromatic ring is 1. The molecule has 0 radical (unpaired) electrons. The van der Waals surface area contributed by atoms with Gasteiger partial charge in [0.15, 0.2) is 0 Å². The van der Waals surface area contributed by atoms with Crippen LogP contribution in [0.4, 0.5) is 5.82 Å². The molecule has 0 aliphatic carbocycles. The van der Waals surface area contributed by atoms with Crippen LogP contribution < -0.4 is 11.1 Å².